The van der Waals surface area contributed by atoms with Crippen LogP contribution in [0.25, 0.3) is 0 Å². The average Bonchev–Trinajstić information content (AvgIpc) is 2.75. The van der Waals surface area contributed by atoms with Crippen molar-refractivity contribution in [2.75, 3.05) is 24.7 Å². The summed E-state index contributed by atoms with van der Waals surface area (Å²) < 4.78 is 0. The van der Waals surface area contributed by atoms with Gasteiger partial charge in [0.25, 0.3) is 5.91 Å². The third kappa shape index (κ3) is 1.76. The highest BCUT2D eigenvalue weighted by Gasteiger charge is 2.22. The molecule has 0 bridgehead atoms. The van der Waals surface area contributed by atoms with Crippen molar-refractivity contribution in [2.45, 2.75) is 0 Å². The molecule has 0 fully saturated rings. The molecule has 1 aromatic heterocycles. The fourth-order valence-corrected chi connectivity index (χ4v) is 1.39. The van der Waals surface area contributed by atoms with Crippen LogP contribution in [0, 0.1) is 0 Å². The number of carbonyl (C=O) groups is 1. The molecule has 0 aliphatic carbocycles. The molecule has 0 unspecified atom stereocenters. The number of nitrogen functional groups attached to an aromatic ring is 2. The summed E-state index contributed by atoms with van der Waals surface area (Å²) in [6, 6.07) is 0. The summed E-state index contributed by atoms with van der Waals surface area (Å²) in [5.74, 6) is -0.378. The van der Waals surface area contributed by atoms with Crippen LogP contribution in [-0.2, 0) is 0 Å². The van der Waals surface area contributed by atoms with E-state index in [-0.39, 0.29) is 28.4 Å². The Hall–Kier alpha value is -1.89. The molecule has 8 heteroatoms. The summed E-state index contributed by atoms with van der Waals surface area (Å²) in [6.07, 6.45) is 1.64. The van der Waals surface area contributed by atoms with E-state index >= 15 is 0 Å². The molecule has 84 valence electrons. The third-order valence-corrected chi connectivity index (χ3v) is 2.36. The predicted octanol–water partition coefficient (Wildman–Crippen LogP) is -0.221. The number of hydrogen-bond donors (Lipinski definition) is 2. The monoisotopic (exact) mass is 240 g/mol. The highest BCUT2D eigenvalue weighted by Crippen LogP contribution is 2.18. The van der Waals surface area contributed by atoms with E-state index in [4.69, 9.17) is 23.1 Å². The minimum absolute atomic E-state index is 0.00435. The molecule has 1 aromatic rings. The number of aliphatic imine (C=N–C) groups is 1. The largest absolute Gasteiger partial charge is 0.382 e. The van der Waals surface area contributed by atoms with Gasteiger partial charge in [-0.15, -0.1) is 0 Å². The number of nitrogens with two attached hydrogens (primary N) is 2. The van der Waals surface area contributed by atoms with Gasteiger partial charge in [-0.05, 0) is 0 Å². The first-order valence-corrected chi connectivity index (χ1v) is 4.83. The lowest BCUT2D eigenvalue weighted by atomic mass is 10.3. The molecular weight excluding hydrogens is 232 g/mol. The molecule has 0 saturated carbocycles. The zero-order chi connectivity index (χ0) is 11.7. The van der Waals surface area contributed by atoms with Crippen molar-refractivity contribution in [3.05, 3.63) is 10.8 Å². The van der Waals surface area contributed by atoms with Gasteiger partial charge in [0.15, 0.2) is 22.5 Å². The van der Waals surface area contributed by atoms with Crippen molar-refractivity contribution in [3.8, 4) is 0 Å². The molecule has 2 heterocycles. The van der Waals surface area contributed by atoms with E-state index in [0.29, 0.717) is 13.2 Å². The van der Waals surface area contributed by atoms with Crippen molar-refractivity contribution < 1.29 is 4.79 Å². The van der Waals surface area contributed by atoms with Crippen molar-refractivity contribution in [2.24, 2.45) is 4.99 Å². The average molecular weight is 241 g/mol. The van der Waals surface area contributed by atoms with E-state index in [1.165, 1.54) is 4.90 Å². The Kier molecular flexibility index (Phi) is 2.61. The fraction of sp³-hybridized carbons (Fsp3) is 0.250. The highest BCUT2D eigenvalue weighted by atomic mass is 35.5. The van der Waals surface area contributed by atoms with Crippen molar-refractivity contribution in [3.63, 3.8) is 0 Å². The minimum Gasteiger partial charge on any atom is -0.382 e. The first-order chi connectivity index (χ1) is 7.59. The van der Waals surface area contributed by atoms with Crippen LogP contribution in [0.5, 0.6) is 0 Å². The number of rotatable bonds is 1. The fourth-order valence-electron chi connectivity index (χ4n) is 1.27. The molecule has 4 N–H and O–H groups in total. The van der Waals surface area contributed by atoms with Crippen LogP contribution in [0.4, 0.5) is 11.6 Å². The van der Waals surface area contributed by atoms with Crippen LogP contribution in [0.2, 0.25) is 5.15 Å². The van der Waals surface area contributed by atoms with Gasteiger partial charge < -0.3 is 16.4 Å². The maximum Gasteiger partial charge on any atom is 0.278 e. The van der Waals surface area contributed by atoms with Gasteiger partial charge in [0, 0.05) is 6.21 Å². The molecule has 0 radical (unpaired) electrons. The van der Waals surface area contributed by atoms with Crippen LogP contribution in [0.15, 0.2) is 4.99 Å². The van der Waals surface area contributed by atoms with E-state index in [1.807, 2.05) is 0 Å². The van der Waals surface area contributed by atoms with Gasteiger partial charge in [-0.2, -0.15) is 0 Å². The number of nitrogens with zero attached hydrogens (tertiary/aromatic N) is 4. The van der Waals surface area contributed by atoms with E-state index in [1.54, 1.807) is 6.21 Å². The Morgan fingerprint density at radius 3 is 2.75 bits per heavy atom. The summed E-state index contributed by atoms with van der Waals surface area (Å²) in [5.41, 5.74) is 11.0. The molecule has 0 aromatic carbocycles. The molecule has 0 spiro atoms. The molecule has 7 nitrogen and oxygen atoms in total. The van der Waals surface area contributed by atoms with Crippen LogP contribution in [-0.4, -0.2) is 40.2 Å². The first-order valence-electron chi connectivity index (χ1n) is 4.45. The Labute approximate surface area is 96.1 Å². The number of amides is 1. The number of aromatic nitrogens is 2. The molecule has 16 heavy (non-hydrogen) atoms. The zero-order valence-electron chi connectivity index (χ0n) is 8.22. The summed E-state index contributed by atoms with van der Waals surface area (Å²) in [4.78, 5) is 24.8. The van der Waals surface area contributed by atoms with Crippen LogP contribution in [0.3, 0.4) is 0 Å². The molecule has 2 rings (SSSR count). The maximum absolute atomic E-state index is 11.9. The number of hydrogen-bond acceptors (Lipinski definition) is 6. The van der Waals surface area contributed by atoms with Gasteiger partial charge in [0.1, 0.15) is 6.67 Å². The maximum atomic E-state index is 11.9. The quantitative estimate of drug-likeness (QED) is 0.705. The van der Waals surface area contributed by atoms with Gasteiger partial charge in [0.2, 0.25) is 0 Å². The SMILES string of the molecule is Nc1nc(N)c(C(=O)N2CC=NC2)nc1Cl. The number of carbonyl (C=O) groups excluding carboxylic acids is 1. The van der Waals surface area contributed by atoms with Gasteiger partial charge in [0.05, 0.1) is 6.54 Å². The molecule has 1 amide bonds. The topological polar surface area (TPSA) is 110 Å². The molecule has 0 atom stereocenters. The number of anilines is 2. The molecular formula is C8H9ClN6O. The minimum atomic E-state index is -0.357. The highest BCUT2D eigenvalue weighted by molar-refractivity contribution is 6.31. The van der Waals surface area contributed by atoms with Crippen LogP contribution < -0.4 is 11.5 Å². The van der Waals surface area contributed by atoms with Crippen molar-refractivity contribution >= 4 is 35.4 Å². The lowest BCUT2D eigenvalue weighted by Gasteiger charge is -2.14. The van der Waals surface area contributed by atoms with E-state index in [2.05, 4.69) is 15.0 Å². The number of halogens is 1. The molecule has 1 aliphatic heterocycles. The smallest absolute Gasteiger partial charge is 0.278 e. The Morgan fingerprint density at radius 1 is 1.38 bits per heavy atom. The van der Waals surface area contributed by atoms with Gasteiger partial charge in [-0.1, -0.05) is 11.6 Å². The second-order valence-corrected chi connectivity index (χ2v) is 3.53. The first kappa shape index (κ1) is 10.6. The van der Waals surface area contributed by atoms with Crippen molar-refractivity contribution in [1.82, 2.24) is 14.9 Å². The standard InChI is InChI=1S/C8H9ClN6O/c9-5-7(11)14-6(10)4(13-5)8(16)15-2-1-12-3-15/h1H,2-3H2,(H4,10,11,14). The Balaban J connectivity index is 2.33. The van der Waals surface area contributed by atoms with Gasteiger partial charge in [-0.3, -0.25) is 9.79 Å². The predicted molar refractivity (Wildman–Crippen MR) is 60.3 cm³/mol. The van der Waals surface area contributed by atoms with Gasteiger partial charge >= 0.3 is 0 Å². The summed E-state index contributed by atoms with van der Waals surface area (Å²) in [7, 11) is 0. The summed E-state index contributed by atoms with van der Waals surface area (Å²) >= 11 is 5.68. The second-order valence-electron chi connectivity index (χ2n) is 3.17. The summed E-state index contributed by atoms with van der Waals surface area (Å²) in [6.45, 7) is 0.726. The summed E-state index contributed by atoms with van der Waals surface area (Å²) in [5, 5.41) is -0.0299. The van der Waals surface area contributed by atoms with Gasteiger partial charge in [-0.25, -0.2) is 9.97 Å². The molecule has 1 aliphatic rings. The van der Waals surface area contributed by atoms with Crippen molar-refractivity contribution in [1.29, 1.82) is 0 Å². The van der Waals surface area contributed by atoms with E-state index in [9.17, 15) is 4.79 Å². The van der Waals surface area contributed by atoms with E-state index < -0.39 is 0 Å². The lowest BCUT2D eigenvalue weighted by Crippen LogP contribution is -2.30. The Morgan fingerprint density at radius 2 is 2.12 bits per heavy atom. The molecule has 0 saturated heterocycles. The van der Waals surface area contributed by atoms with Crippen LogP contribution >= 0.6 is 11.6 Å². The zero-order valence-corrected chi connectivity index (χ0v) is 8.98. The lowest BCUT2D eigenvalue weighted by molar-refractivity contribution is 0.0791. The van der Waals surface area contributed by atoms with E-state index in [0.717, 1.165) is 0 Å². The third-order valence-electron chi connectivity index (χ3n) is 2.08. The normalized spacial score (nSPS) is 14.4. The van der Waals surface area contributed by atoms with Crippen LogP contribution in [0.1, 0.15) is 10.5 Å². The second kappa shape index (κ2) is 3.93. The Bertz CT molecular complexity index is 466.